The minimum absolute atomic E-state index is 0.0788. The number of benzene rings is 3. The Hall–Kier alpha value is -3.50. The number of anilines is 1. The molecule has 0 aliphatic rings. The van der Waals surface area contributed by atoms with E-state index in [1.807, 2.05) is 30.3 Å². The summed E-state index contributed by atoms with van der Waals surface area (Å²) in [6.07, 6.45) is 0. The molecule has 0 heterocycles. The van der Waals surface area contributed by atoms with E-state index in [0.717, 1.165) is 5.56 Å². The SMILES string of the molecule is COc1ccccc1NS(=O)(=O)c1cccc(C(=O)NNC(=O)CSCc2ccccc2)c1. The van der Waals surface area contributed by atoms with Gasteiger partial charge in [0.1, 0.15) is 5.75 Å². The number of methoxy groups -OCH3 is 1. The summed E-state index contributed by atoms with van der Waals surface area (Å²) < 4.78 is 33.2. The molecule has 0 fully saturated rings. The maximum Gasteiger partial charge on any atom is 0.269 e. The lowest BCUT2D eigenvalue weighted by atomic mass is 10.2. The van der Waals surface area contributed by atoms with Gasteiger partial charge in [0.25, 0.3) is 15.9 Å². The highest BCUT2D eigenvalue weighted by Crippen LogP contribution is 2.26. The van der Waals surface area contributed by atoms with Crippen LogP contribution in [0.4, 0.5) is 5.69 Å². The maximum absolute atomic E-state index is 12.8. The predicted molar refractivity (Wildman–Crippen MR) is 128 cm³/mol. The summed E-state index contributed by atoms with van der Waals surface area (Å²) in [5.74, 6) is 0.188. The van der Waals surface area contributed by atoms with Gasteiger partial charge in [-0.25, -0.2) is 8.42 Å². The van der Waals surface area contributed by atoms with Gasteiger partial charge in [-0.2, -0.15) is 0 Å². The average Bonchev–Trinajstić information content (AvgIpc) is 2.83. The van der Waals surface area contributed by atoms with Crippen LogP contribution in [0.25, 0.3) is 0 Å². The van der Waals surface area contributed by atoms with Crippen molar-refractivity contribution < 1.29 is 22.7 Å². The van der Waals surface area contributed by atoms with Crippen LogP contribution < -0.4 is 20.3 Å². The minimum Gasteiger partial charge on any atom is -0.495 e. The first-order valence-corrected chi connectivity index (χ1v) is 12.5. The Labute approximate surface area is 196 Å². The van der Waals surface area contributed by atoms with Gasteiger partial charge in [-0.1, -0.05) is 48.5 Å². The number of hydrogen-bond acceptors (Lipinski definition) is 6. The van der Waals surface area contributed by atoms with E-state index in [1.165, 1.54) is 43.1 Å². The quantitative estimate of drug-likeness (QED) is 0.401. The predicted octanol–water partition coefficient (Wildman–Crippen LogP) is 3.19. The molecule has 0 bridgehead atoms. The molecule has 0 saturated heterocycles. The third-order valence-electron chi connectivity index (χ3n) is 4.42. The summed E-state index contributed by atoms with van der Waals surface area (Å²) in [4.78, 5) is 24.3. The zero-order valence-corrected chi connectivity index (χ0v) is 19.4. The van der Waals surface area contributed by atoms with E-state index in [1.54, 1.807) is 24.3 Å². The molecule has 0 unspecified atom stereocenters. The molecule has 0 atom stereocenters. The molecule has 33 heavy (non-hydrogen) atoms. The van der Waals surface area contributed by atoms with Gasteiger partial charge in [-0.05, 0) is 35.9 Å². The molecule has 10 heteroatoms. The van der Waals surface area contributed by atoms with E-state index in [0.29, 0.717) is 11.5 Å². The Balaban J connectivity index is 1.57. The Morgan fingerprint density at radius 3 is 2.39 bits per heavy atom. The molecule has 0 saturated carbocycles. The van der Waals surface area contributed by atoms with Gasteiger partial charge in [0, 0.05) is 11.3 Å². The van der Waals surface area contributed by atoms with Crippen molar-refractivity contribution in [3.05, 3.63) is 90.0 Å². The van der Waals surface area contributed by atoms with E-state index >= 15 is 0 Å². The number of amides is 2. The van der Waals surface area contributed by atoms with Crippen LogP contribution in [0.15, 0.2) is 83.8 Å². The molecule has 172 valence electrons. The van der Waals surface area contributed by atoms with Crippen molar-refractivity contribution in [3.8, 4) is 5.75 Å². The summed E-state index contributed by atoms with van der Waals surface area (Å²) in [6, 6.07) is 21.8. The summed E-state index contributed by atoms with van der Waals surface area (Å²) >= 11 is 1.41. The van der Waals surface area contributed by atoms with Crippen molar-refractivity contribution >= 4 is 39.3 Å². The first-order chi connectivity index (χ1) is 15.9. The molecular formula is C23H23N3O5S2. The molecule has 3 N–H and O–H groups in total. The molecular weight excluding hydrogens is 462 g/mol. The van der Waals surface area contributed by atoms with E-state index in [-0.39, 0.29) is 27.8 Å². The molecule has 2 amide bonds. The van der Waals surface area contributed by atoms with Crippen LogP contribution in [-0.2, 0) is 20.6 Å². The molecule has 3 aromatic carbocycles. The highest BCUT2D eigenvalue weighted by Gasteiger charge is 2.18. The Kier molecular flexibility index (Phi) is 8.34. The first-order valence-electron chi connectivity index (χ1n) is 9.86. The molecule has 0 spiro atoms. The van der Waals surface area contributed by atoms with E-state index in [9.17, 15) is 18.0 Å². The van der Waals surface area contributed by atoms with Crippen LogP contribution >= 0.6 is 11.8 Å². The highest BCUT2D eigenvalue weighted by molar-refractivity contribution is 7.99. The molecule has 3 rings (SSSR count). The van der Waals surface area contributed by atoms with E-state index in [4.69, 9.17) is 4.74 Å². The lowest BCUT2D eigenvalue weighted by molar-refractivity contribution is -0.119. The number of carbonyl (C=O) groups excluding carboxylic acids is 2. The lowest BCUT2D eigenvalue weighted by Crippen LogP contribution is -2.42. The second-order valence-electron chi connectivity index (χ2n) is 6.81. The molecule has 8 nitrogen and oxygen atoms in total. The number of rotatable bonds is 9. The Morgan fingerprint density at radius 1 is 0.909 bits per heavy atom. The second-order valence-corrected chi connectivity index (χ2v) is 9.48. The number of carbonyl (C=O) groups is 2. The third kappa shape index (κ3) is 6.99. The molecule has 0 radical (unpaired) electrons. The fourth-order valence-electron chi connectivity index (χ4n) is 2.81. The minimum atomic E-state index is -3.97. The van der Waals surface area contributed by atoms with Crippen LogP contribution in [0.2, 0.25) is 0 Å². The van der Waals surface area contributed by atoms with Crippen LogP contribution in [0.3, 0.4) is 0 Å². The van der Waals surface area contributed by atoms with Crippen molar-refractivity contribution in [2.45, 2.75) is 10.6 Å². The molecule has 0 aromatic heterocycles. The van der Waals surface area contributed by atoms with Crippen molar-refractivity contribution in [1.82, 2.24) is 10.9 Å². The van der Waals surface area contributed by atoms with Crippen molar-refractivity contribution in [2.24, 2.45) is 0 Å². The van der Waals surface area contributed by atoms with Gasteiger partial charge in [0.2, 0.25) is 5.91 Å². The highest BCUT2D eigenvalue weighted by atomic mass is 32.2. The Morgan fingerprint density at radius 2 is 1.64 bits per heavy atom. The van der Waals surface area contributed by atoms with Gasteiger partial charge in [0.05, 0.1) is 23.4 Å². The largest absolute Gasteiger partial charge is 0.495 e. The molecule has 0 aliphatic carbocycles. The first kappa shape index (κ1) is 24.1. The topological polar surface area (TPSA) is 114 Å². The zero-order valence-electron chi connectivity index (χ0n) is 17.8. The normalized spacial score (nSPS) is 10.8. The van der Waals surface area contributed by atoms with Crippen LogP contribution in [0.1, 0.15) is 15.9 Å². The Bertz CT molecular complexity index is 1220. The number of para-hydroxylation sites is 2. The summed E-state index contributed by atoms with van der Waals surface area (Å²) in [6.45, 7) is 0. The monoisotopic (exact) mass is 485 g/mol. The molecule has 3 aromatic rings. The van der Waals surface area contributed by atoms with Crippen LogP contribution in [-0.4, -0.2) is 33.1 Å². The summed E-state index contributed by atoms with van der Waals surface area (Å²) in [5.41, 5.74) is 6.09. The van der Waals surface area contributed by atoms with Crippen molar-refractivity contribution in [3.63, 3.8) is 0 Å². The number of hydrazine groups is 1. The van der Waals surface area contributed by atoms with Gasteiger partial charge in [-0.15, -0.1) is 11.8 Å². The van der Waals surface area contributed by atoms with Crippen molar-refractivity contribution in [1.29, 1.82) is 0 Å². The van der Waals surface area contributed by atoms with Gasteiger partial charge in [-0.3, -0.25) is 25.2 Å². The number of hydrogen-bond donors (Lipinski definition) is 3. The second kappa shape index (κ2) is 11.4. The van der Waals surface area contributed by atoms with E-state index in [2.05, 4.69) is 15.6 Å². The fourth-order valence-corrected chi connectivity index (χ4v) is 4.71. The smallest absolute Gasteiger partial charge is 0.269 e. The lowest BCUT2D eigenvalue weighted by Gasteiger charge is -2.12. The van der Waals surface area contributed by atoms with E-state index < -0.39 is 15.9 Å². The van der Waals surface area contributed by atoms with Gasteiger partial charge in [0.15, 0.2) is 0 Å². The zero-order chi connectivity index (χ0) is 23.7. The number of ether oxygens (including phenoxy) is 1. The molecule has 0 aliphatic heterocycles. The average molecular weight is 486 g/mol. The third-order valence-corrected chi connectivity index (χ3v) is 6.78. The standard InChI is InChI=1S/C23H23N3O5S2/c1-31-21-13-6-5-12-20(21)26-33(29,30)19-11-7-10-18(14-19)23(28)25-24-22(27)16-32-15-17-8-3-2-4-9-17/h2-14,26H,15-16H2,1H3,(H,24,27)(H,25,28). The van der Waals surface area contributed by atoms with Gasteiger partial charge >= 0.3 is 0 Å². The van der Waals surface area contributed by atoms with Gasteiger partial charge < -0.3 is 4.74 Å². The summed E-state index contributed by atoms with van der Waals surface area (Å²) in [7, 11) is -2.54. The summed E-state index contributed by atoms with van der Waals surface area (Å²) in [5, 5.41) is 0. The maximum atomic E-state index is 12.8. The number of thioether (sulfide) groups is 1. The number of nitrogens with one attached hydrogen (secondary N) is 3. The van der Waals surface area contributed by atoms with Crippen LogP contribution in [0.5, 0.6) is 5.75 Å². The van der Waals surface area contributed by atoms with Crippen molar-refractivity contribution in [2.75, 3.05) is 17.6 Å². The fraction of sp³-hybridized carbons (Fsp3) is 0.130. The van der Waals surface area contributed by atoms with Crippen LogP contribution in [0, 0.1) is 0 Å². The number of sulfonamides is 1.